The molecular formula is C14H24N2. The first kappa shape index (κ1) is 13.2. The SMILES string of the molecule is CNCCc1ccc(CNCC(C)C)cc1. The quantitative estimate of drug-likeness (QED) is 0.736. The fourth-order valence-electron chi connectivity index (χ4n) is 1.60. The Labute approximate surface area is 99.5 Å². The lowest BCUT2D eigenvalue weighted by molar-refractivity contribution is 0.552. The van der Waals surface area contributed by atoms with E-state index in [1.54, 1.807) is 0 Å². The van der Waals surface area contributed by atoms with Crippen molar-refractivity contribution >= 4 is 0 Å². The lowest BCUT2D eigenvalue weighted by atomic mass is 10.1. The van der Waals surface area contributed by atoms with Gasteiger partial charge in [0.1, 0.15) is 0 Å². The zero-order valence-corrected chi connectivity index (χ0v) is 10.7. The summed E-state index contributed by atoms with van der Waals surface area (Å²) in [6.07, 6.45) is 1.11. The van der Waals surface area contributed by atoms with Gasteiger partial charge in [-0.3, -0.25) is 0 Å². The van der Waals surface area contributed by atoms with Crippen LogP contribution in [0.5, 0.6) is 0 Å². The minimum atomic E-state index is 0.718. The molecule has 2 heteroatoms. The molecule has 0 aliphatic carbocycles. The molecule has 2 nitrogen and oxygen atoms in total. The number of hydrogen-bond acceptors (Lipinski definition) is 2. The molecule has 0 aromatic heterocycles. The summed E-state index contributed by atoms with van der Waals surface area (Å²) in [5, 5.41) is 6.62. The van der Waals surface area contributed by atoms with Crippen molar-refractivity contribution in [3.8, 4) is 0 Å². The molecule has 0 atom stereocenters. The Kier molecular flexibility index (Phi) is 6.12. The fourth-order valence-corrected chi connectivity index (χ4v) is 1.60. The first-order valence-electron chi connectivity index (χ1n) is 6.15. The van der Waals surface area contributed by atoms with Gasteiger partial charge in [-0.2, -0.15) is 0 Å². The number of rotatable bonds is 7. The predicted molar refractivity (Wildman–Crippen MR) is 70.6 cm³/mol. The Hall–Kier alpha value is -0.860. The summed E-state index contributed by atoms with van der Waals surface area (Å²) in [7, 11) is 1.99. The van der Waals surface area contributed by atoms with Crippen LogP contribution in [0.15, 0.2) is 24.3 Å². The molecule has 16 heavy (non-hydrogen) atoms. The fraction of sp³-hybridized carbons (Fsp3) is 0.571. The third-order valence-electron chi connectivity index (χ3n) is 2.57. The lowest BCUT2D eigenvalue weighted by Gasteiger charge is -2.08. The topological polar surface area (TPSA) is 24.1 Å². The largest absolute Gasteiger partial charge is 0.319 e. The summed E-state index contributed by atoms with van der Waals surface area (Å²) >= 11 is 0. The van der Waals surface area contributed by atoms with E-state index in [-0.39, 0.29) is 0 Å². The highest BCUT2D eigenvalue weighted by Gasteiger charge is 1.96. The molecule has 0 radical (unpaired) electrons. The Bertz CT molecular complexity index is 277. The molecule has 0 bridgehead atoms. The van der Waals surface area contributed by atoms with E-state index in [1.165, 1.54) is 11.1 Å². The van der Waals surface area contributed by atoms with E-state index in [0.717, 1.165) is 32.0 Å². The minimum absolute atomic E-state index is 0.718. The van der Waals surface area contributed by atoms with Crippen LogP contribution in [-0.4, -0.2) is 20.1 Å². The normalized spacial score (nSPS) is 11.0. The van der Waals surface area contributed by atoms with Gasteiger partial charge in [-0.05, 0) is 43.6 Å². The smallest absolute Gasteiger partial charge is 0.0205 e. The maximum absolute atomic E-state index is 3.45. The van der Waals surface area contributed by atoms with Crippen LogP contribution in [0, 0.1) is 5.92 Å². The zero-order valence-electron chi connectivity index (χ0n) is 10.7. The van der Waals surface area contributed by atoms with Gasteiger partial charge < -0.3 is 10.6 Å². The van der Waals surface area contributed by atoms with Crippen LogP contribution in [0.1, 0.15) is 25.0 Å². The highest BCUT2D eigenvalue weighted by molar-refractivity contribution is 5.22. The van der Waals surface area contributed by atoms with Crippen molar-refractivity contribution in [3.05, 3.63) is 35.4 Å². The van der Waals surface area contributed by atoms with Crippen LogP contribution in [0.25, 0.3) is 0 Å². The van der Waals surface area contributed by atoms with Gasteiger partial charge in [-0.1, -0.05) is 38.1 Å². The van der Waals surface area contributed by atoms with E-state index in [1.807, 2.05) is 7.05 Å². The van der Waals surface area contributed by atoms with E-state index in [0.29, 0.717) is 0 Å². The van der Waals surface area contributed by atoms with E-state index in [9.17, 15) is 0 Å². The van der Waals surface area contributed by atoms with Crippen molar-refractivity contribution in [1.29, 1.82) is 0 Å². The van der Waals surface area contributed by atoms with Gasteiger partial charge >= 0.3 is 0 Å². The molecular weight excluding hydrogens is 196 g/mol. The van der Waals surface area contributed by atoms with Gasteiger partial charge in [0, 0.05) is 6.54 Å². The van der Waals surface area contributed by atoms with Crippen molar-refractivity contribution in [2.24, 2.45) is 5.92 Å². The molecule has 1 aromatic carbocycles. The minimum Gasteiger partial charge on any atom is -0.319 e. The summed E-state index contributed by atoms with van der Waals surface area (Å²) in [5.74, 6) is 0.718. The highest BCUT2D eigenvalue weighted by atomic mass is 14.8. The maximum Gasteiger partial charge on any atom is 0.0205 e. The van der Waals surface area contributed by atoms with Gasteiger partial charge in [-0.15, -0.1) is 0 Å². The van der Waals surface area contributed by atoms with Crippen molar-refractivity contribution in [1.82, 2.24) is 10.6 Å². The van der Waals surface area contributed by atoms with Crippen molar-refractivity contribution < 1.29 is 0 Å². The molecule has 0 heterocycles. The summed E-state index contributed by atoms with van der Waals surface area (Å²) in [6, 6.07) is 8.89. The Balaban J connectivity index is 2.33. The molecule has 0 aliphatic heterocycles. The van der Waals surface area contributed by atoms with E-state index < -0.39 is 0 Å². The summed E-state index contributed by atoms with van der Waals surface area (Å²) in [5.41, 5.74) is 2.77. The molecule has 0 saturated carbocycles. The van der Waals surface area contributed by atoms with Gasteiger partial charge in [0.15, 0.2) is 0 Å². The van der Waals surface area contributed by atoms with Gasteiger partial charge in [0.2, 0.25) is 0 Å². The number of hydrogen-bond donors (Lipinski definition) is 2. The van der Waals surface area contributed by atoms with Crippen LogP contribution in [0.3, 0.4) is 0 Å². The molecule has 0 unspecified atom stereocenters. The molecule has 0 spiro atoms. The van der Waals surface area contributed by atoms with E-state index >= 15 is 0 Å². The van der Waals surface area contributed by atoms with Crippen LogP contribution >= 0.6 is 0 Å². The van der Waals surface area contributed by atoms with Gasteiger partial charge in [-0.25, -0.2) is 0 Å². The average molecular weight is 220 g/mol. The first-order chi connectivity index (χ1) is 7.72. The predicted octanol–water partition coefficient (Wildman–Crippen LogP) is 2.19. The Morgan fingerprint density at radius 1 is 1.06 bits per heavy atom. The number of likely N-dealkylation sites (N-methyl/N-ethyl adjacent to an activating group) is 1. The molecule has 0 fully saturated rings. The summed E-state index contributed by atoms with van der Waals surface area (Å²) < 4.78 is 0. The Morgan fingerprint density at radius 2 is 1.69 bits per heavy atom. The second-order valence-electron chi connectivity index (χ2n) is 4.69. The summed E-state index contributed by atoms with van der Waals surface area (Å²) in [4.78, 5) is 0. The standard InChI is InChI=1S/C14H24N2/c1-12(2)10-16-11-14-6-4-13(5-7-14)8-9-15-3/h4-7,12,15-16H,8-11H2,1-3H3. The van der Waals surface area contributed by atoms with E-state index in [2.05, 4.69) is 48.7 Å². The van der Waals surface area contributed by atoms with E-state index in [4.69, 9.17) is 0 Å². The summed E-state index contributed by atoms with van der Waals surface area (Å²) in [6.45, 7) is 7.57. The maximum atomic E-state index is 3.45. The average Bonchev–Trinajstić information content (AvgIpc) is 2.27. The number of benzene rings is 1. The van der Waals surface area contributed by atoms with Crippen LogP contribution in [0.4, 0.5) is 0 Å². The molecule has 0 aliphatic rings. The third kappa shape index (κ3) is 5.29. The molecule has 0 saturated heterocycles. The number of nitrogens with one attached hydrogen (secondary N) is 2. The molecule has 1 aromatic rings. The zero-order chi connectivity index (χ0) is 11.8. The Morgan fingerprint density at radius 3 is 2.25 bits per heavy atom. The monoisotopic (exact) mass is 220 g/mol. The molecule has 0 amide bonds. The van der Waals surface area contributed by atoms with Gasteiger partial charge in [0.25, 0.3) is 0 Å². The highest BCUT2D eigenvalue weighted by Crippen LogP contribution is 2.04. The van der Waals surface area contributed by atoms with Crippen molar-refractivity contribution in [2.75, 3.05) is 20.1 Å². The van der Waals surface area contributed by atoms with Crippen LogP contribution in [0.2, 0.25) is 0 Å². The third-order valence-corrected chi connectivity index (χ3v) is 2.57. The van der Waals surface area contributed by atoms with Crippen molar-refractivity contribution in [2.45, 2.75) is 26.8 Å². The lowest BCUT2D eigenvalue weighted by Crippen LogP contribution is -2.18. The van der Waals surface area contributed by atoms with Gasteiger partial charge in [0.05, 0.1) is 0 Å². The second-order valence-corrected chi connectivity index (χ2v) is 4.69. The molecule has 2 N–H and O–H groups in total. The van der Waals surface area contributed by atoms with Crippen LogP contribution < -0.4 is 10.6 Å². The second kappa shape index (κ2) is 7.42. The molecule has 90 valence electrons. The van der Waals surface area contributed by atoms with Crippen molar-refractivity contribution in [3.63, 3.8) is 0 Å². The van der Waals surface area contributed by atoms with Crippen LogP contribution in [-0.2, 0) is 13.0 Å². The first-order valence-corrected chi connectivity index (χ1v) is 6.15. The molecule has 1 rings (SSSR count).